The van der Waals surface area contributed by atoms with Gasteiger partial charge in [-0.3, -0.25) is 4.79 Å². The largest absolute Gasteiger partial charge is 0.399 e. The van der Waals surface area contributed by atoms with Gasteiger partial charge in [0.15, 0.2) is 0 Å². The summed E-state index contributed by atoms with van der Waals surface area (Å²) >= 11 is 1.71. The Morgan fingerprint density at radius 2 is 1.83 bits per heavy atom. The first-order valence-corrected chi connectivity index (χ1v) is 9.25. The maximum atomic E-state index is 12.9. The van der Waals surface area contributed by atoms with Crippen LogP contribution in [0.1, 0.15) is 42.5 Å². The van der Waals surface area contributed by atoms with Crippen molar-refractivity contribution in [3.05, 3.63) is 52.2 Å². The summed E-state index contributed by atoms with van der Waals surface area (Å²) in [6.07, 6.45) is 6.31. The summed E-state index contributed by atoms with van der Waals surface area (Å²) in [7, 11) is 0. The van der Waals surface area contributed by atoms with Crippen LogP contribution in [0.4, 0.5) is 5.69 Å². The minimum absolute atomic E-state index is 0. The van der Waals surface area contributed by atoms with E-state index in [0.717, 1.165) is 37.8 Å². The molecule has 130 valence electrons. The number of nitrogens with one attached hydrogen (secondary N) is 1. The van der Waals surface area contributed by atoms with Crippen molar-refractivity contribution in [1.82, 2.24) is 5.32 Å². The number of hydrogen-bond donors (Lipinski definition) is 2. The van der Waals surface area contributed by atoms with Crippen molar-refractivity contribution in [3.63, 3.8) is 0 Å². The summed E-state index contributed by atoms with van der Waals surface area (Å²) in [5, 5.41) is 5.26. The molecule has 0 saturated heterocycles. The quantitative estimate of drug-likeness (QED) is 0.776. The summed E-state index contributed by atoms with van der Waals surface area (Å²) < 4.78 is 0. The molecular formula is C19H25ClN2OS. The second-order valence-electron chi connectivity index (χ2n) is 6.37. The molecular weight excluding hydrogens is 340 g/mol. The van der Waals surface area contributed by atoms with Gasteiger partial charge in [-0.15, -0.1) is 23.7 Å². The molecule has 2 aromatic rings. The molecule has 3 nitrogen and oxygen atoms in total. The monoisotopic (exact) mass is 364 g/mol. The van der Waals surface area contributed by atoms with E-state index in [-0.39, 0.29) is 23.7 Å². The SMILES string of the molecule is Cl.Nc1ccc(CCNC(=O)C2(c3cccs3)CCCCC2)cc1. The van der Waals surface area contributed by atoms with Crippen molar-refractivity contribution in [3.8, 4) is 0 Å². The van der Waals surface area contributed by atoms with E-state index >= 15 is 0 Å². The predicted octanol–water partition coefficient (Wildman–Crippen LogP) is 4.31. The Morgan fingerprint density at radius 3 is 2.46 bits per heavy atom. The van der Waals surface area contributed by atoms with E-state index in [0.29, 0.717) is 6.54 Å². The molecule has 0 spiro atoms. The van der Waals surface area contributed by atoms with Crippen molar-refractivity contribution >= 4 is 35.3 Å². The zero-order valence-electron chi connectivity index (χ0n) is 13.8. The second kappa shape index (κ2) is 8.54. The van der Waals surface area contributed by atoms with Gasteiger partial charge in [-0.2, -0.15) is 0 Å². The summed E-state index contributed by atoms with van der Waals surface area (Å²) in [5.74, 6) is 0.204. The number of carbonyl (C=O) groups excluding carboxylic acids is 1. The first-order valence-electron chi connectivity index (χ1n) is 8.37. The number of anilines is 1. The van der Waals surface area contributed by atoms with E-state index in [1.807, 2.05) is 24.3 Å². The van der Waals surface area contributed by atoms with Gasteiger partial charge in [0, 0.05) is 17.1 Å². The predicted molar refractivity (Wildman–Crippen MR) is 104 cm³/mol. The van der Waals surface area contributed by atoms with Gasteiger partial charge in [0.2, 0.25) is 5.91 Å². The van der Waals surface area contributed by atoms with Gasteiger partial charge in [-0.1, -0.05) is 37.5 Å². The minimum Gasteiger partial charge on any atom is -0.399 e. The van der Waals surface area contributed by atoms with Crippen LogP contribution in [-0.4, -0.2) is 12.5 Å². The molecule has 5 heteroatoms. The van der Waals surface area contributed by atoms with Crippen LogP contribution in [0.3, 0.4) is 0 Å². The lowest BCUT2D eigenvalue weighted by Gasteiger charge is -2.35. The molecule has 0 aliphatic heterocycles. The molecule has 0 radical (unpaired) electrons. The molecule has 1 aliphatic rings. The van der Waals surface area contributed by atoms with Crippen molar-refractivity contribution in [1.29, 1.82) is 0 Å². The fraction of sp³-hybridized carbons (Fsp3) is 0.421. The molecule has 1 fully saturated rings. The van der Waals surface area contributed by atoms with Crippen LogP contribution in [0.2, 0.25) is 0 Å². The molecule has 3 rings (SSSR count). The van der Waals surface area contributed by atoms with Gasteiger partial charge in [0.25, 0.3) is 0 Å². The number of benzene rings is 1. The zero-order valence-corrected chi connectivity index (χ0v) is 15.4. The Balaban J connectivity index is 0.00000208. The van der Waals surface area contributed by atoms with Crippen LogP contribution in [0.25, 0.3) is 0 Å². The average molecular weight is 365 g/mol. The normalized spacial score (nSPS) is 16.2. The lowest BCUT2D eigenvalue weighted by molar-refractivity contribution is -0.127. The van der Waals surface area contributed by atoms with Gasteiger partial charge in [-0.05, 0) is 48.4 Å². The van der Waals surface area contributed by atoms with E-state index in [9.17, 15) is 4.79 Å². The number of nitrogen functional groups attached to an aromatic ring is 1. The molecule has 1 aliphatic carbocycles. The Kier molecular flexibility index (Phi) is 6.69. The highest BCUT2D eigenvalue weighted by molar-refractivity contribution is 7.10. The number of carbonyl (C=O) groups is 1. The third kappa shape index (κ3) is 4.11. The highest BCUT2D eigenvalue weighted by Gasteiger charge is 2.41. The standard InChI is InChI=1S/C19H24N2OS.ClH/c20-16-8-6-15(7-9-16)10-13-21-18(22)19(11-2-1-3-12-19)17-5-4-14-23-17;/h4-9,14H,1-3,10-13,20H2,(H,21,22);1H. The number of thiophene rings is 1. The first-order chi connectivity index (χ1) is 11.2. The molecule has 0 atom stereocenters. The highest BCUT2D eigenvalue weighted by atomic mass is 35.5. The number of rotatable bonds is 5. The van der Waals surface area contributed by atoms with Crippen LogP contribution in [-0.2, 0) is 16.6 Å². The average Bonchev–Trinajstić information content (AvgIpc) is 3.12. The maximum absolute atomic E-state index is 12.9. The molecule has 1 aromatic heterocycles. The van der Waals surface area contributed by atoms with Gasteiger partial charge < -0.3 is 11.1 Å². The van der Waals surface area contributed by atoms with Crippen molar-refractivity contribution < 1.29 is 4.79 Å². The zero-order chi connectivity index (χ0) is 16.1. The third-order valence-corrected chi connectivity index (χ3v) is 5.89. The van der Waals surface area contributed by atoms with E-state index in [1.54, 1.807) is 11.3 Å². The smallest absolute Gasteiger partial charge is 0.231 e. The van der Waals surface area contributed by atoms with Crippen molar-refractivity contribution in [2.45, 2.75) is 43.9 Å². The molecule has 1 amide bonds. The Labute approximate surface area is 154 Å². The summed E-state index contributed by atoms with van der Waals surface area (Å²) in [6.45, 7) is 0.676. The molecule has 1 heterocycles. The van der Waals surface area contributed by atoms with Crippen LogP contribution in [0, 0.1) is 0 Å². The molecule has 24 heavy (non-hydrogen) atoms. The van der Waals surface area contributed by atoms with Crippen molar-refractivity contribution in [2.75, 3.05) is 12.3 Å². The summed E-state index contributed by atoms with van der Waals surface area (Å²) in [6, 6.07) is 12.0. The number of hydrogen-bond acceptors (Lipinski definition) is 3. The summed E-state index contributed by atoms with van der Waals surface area (Å²) in [5.41, 5.74) is 7.38. The second-order valence-corrected chi connectivity index (χ2v) is 7.32. The first kappa shape index (κ1) is 18.8. The molecule has 0 bridgehead atoms. The lowest BCUT2D eigenvalue weighted by atomic mass is 9.72. The molecule has 1 aromatic carbocycles. The minimum atomic E-state index is -0.298. The van der Waals surface area contributed by atoms with Gasteiger partial charge in [-0.25, -0.2) is 0 Å². The van der Waals surface area contributed by atoms with Crippen LogP contribution < -0.4 is 11.1 Å². The number of nitrogens with two attached hydrogens (primary N) is 1. The highest BCUT2D eigenvalue weighted by Crippen LogP contribution is 2.41. The Morgan fingerprint density at radius 1 is 1.12 bits per heavy atom. The van der Waals surface area contributed by atoms with Crippen LogP contribution >= 0.6 is 23.7 Å². The van der Waals surface area contributed by atoms with Crippen molar-refractivity contribution in [2.24, 2.45) is 0 Å². The van der Waals surface area contributed by atoms with Gasteiger partial charge >= 0.3 is 0 Å². The van der Waals surface area contributed by atoms with Crippen LogP contribution in [0.15, 0.2) is 41.8 Å². The lowest BCUT2D eigenvalue weighted by Crippen LogP contribution is -2.45. The summed E-state index contributed by atoms with van der Waals surface area (Å²) in [4.78, 5) is 14.2. The third-order valence-electron chi connectivity index (χ3n) is 4.81. The number of halogens is 1. The Bertz CT molecular complexity index is 634. The Hall–Kier alpha value is -1.52. The fourth-order valence-electron chi connectivity index (χ4n) is 3.47. The number of amides is 1. The van der Waals surface area contributed by atoms with E-state index in [1.165, 1.54) is 16.9 Å². The topological polar surface area (TPSA) is 55.1 Å². The molecule has 0 unspecified atom stereocenters. The van der Waals surface area contributed by atoms with Gasteiger partial charge in [0.1, 0.15) is 0 Å². The molecule has 1 saturated carbocycles. The molecule has 3 N–H and O–H groups in total. The van der Waals surface area contributed by atoms with E-state index < -0.39 is 0 Å². The van der Waals surface area contributed by atoms with Crippen LogP contribution in [0.5, 0.6) is 0 Å². The van der Waals surface area contributed by atoms with Gasteiger partial charge in [0.05, 0.1) is 5.41 Å². The van der Waals surface area contributed by atoms with E-state index in [2.05, 4.69) is 22.8 Å². The maximum Gasteiger partial charge on any atom is 0.231 e. The fourth-order valence-corrected chi connectivity index (χ4v) is 4.45. The van der Waals surface area contributed by atoms with E-state index in [4.69, 9.17) is 5.73 Å².